The second-order valence-electron chi connectivity index (χ2n) is 4.38. The number of hydrogen-bond donors (Lipinski definition) is 3. The van der Waals surface area contributed by atoms with Crippen molar-refractivity contribution in [3.8, 4) is 0 Å². The van der Waals surface area contributed by atoms with E-state index in [9.17, 15) is 13.6 Å². The third-order valence-electron chi connectivity index (χ3n) is 2.88. The molecule has 2 rings (SSSR count). The van der Waals surface area contributed by atoms with E-state index in [1.807, 2.05) is 12.3 Å². The zero-order valence-corrected chi connectivity index (χ0v) is 11.8. The molecule has 2 aromatic rings. The predicted molar refractivity (Wildman–Crippen MR) is 78.3 cm³/mol. The number of amides is 1. The lowest BCUT2D eigenvalue weighted by atomic mass is 10.1. The van der Waals surface area contributed by atoms with Crippen molar-refractivity contribution in [2.24, 2.45) is 5.84 Å². The third-order valence-corrected chi connectivity index (χ3v) is 3.29. The van der Waals surface area contributed by atoms with E-state index in [1.54, 1.807) is 18.2 Å². The molecule has 7 heteroatoms. The monoisotopic (exact) mass is 311 g/mol. The van der Waals surface area contributed by atoms with Gasteiger partial charge in [-0.25, -0.2) is 8.78 Å². The second kappa shape index (κ2) is 6.07. The van der Waals surface area contributed by atoms with Crippen LogP contribution in [0.2, 0.25) is 5.02 Å². The van der Waals surface area contributed by atoms with Crippen LogP contribution in [0.15, 0.2) is 30.3 Å². The van der Waals surface area contributed by atoms with Crippen molar-refractivity contribution in [3.05, 3.63) is 58.1 Å². The molecule has 0 saturated carbocycles. The summed E-state index contributed by atoms with van der Waals surface area (Å²) < 4.78 is 27.1. The number of rotatable bonds is 3. The number of anilines is 2. The van der Waals surface area contributed by atoms with Crippen LogP contribution < -0.4 is 16.6 Å². The standard InChI is InChI=1S/C14H12ClF2N3O/c1-7-2-3-9(6-10(7)15)19-14(21)8-4-11(16)13(20-18)12(17)5-8/h2-6,20H,18H2,1H3,(H,19,21). The van der Waals surface area contributed by atoms with Gasteiger partial charge in [-0.15, -0.1) is 0 Å². The molecule has 0 spiro atoms. The average molecular weight is 312 g/mol. The molecular formula is C14H12ClF2N3O. The molecule has 2 aromatic carbocycles. The predicted octanol–water partition coefficient (Wildman–Crippen LogP) is 3.46. The molecule has 0 fully saturated rings. The van der Waals surface area contributed by atoms with E-state index in [4.69, 9.17) is 17.4 Å². The number of carbonyl (C=O) groups is 1. The first-order chi connectivity index (χ1) is 9.92. The van der Waals surface area contributed by atoms with Gasteiger partial charge in [-0.3, -0.25) is 10.6 Å². The van der Waals surface area contributed by atoms with E-state index in [0.29, 0.717) is 10.7 Å². The topological polar surface area (TPSA) is 67.2 Å². The molecule has 1 amide bonds. The van der Waals surface area contributed by atoms with Crippen molar-refractivity contribution in [1.29, 1.82) is 0 Å². The normalized spacial score (nSPS) is 10.3. The molecule has 21 heavy (non-hydrogen) atoms. The molecule has 0 aliphatic heterocycles. The molecule has 110 valence electrons. The molecule has 0 radical (unpaired) electrons. The van der Waals surface area contributed by atoms with Gasteiger partial charge in [0.2, 0.25) is 0 Å². The molecule has 0 aromatic heterocycles. The molecule has 0 aliphatic carbocycles. The highest BCUT2D eigenvalue weighted by atomic mass is 35.5. The van der Waals surface area contributed by atoms with Crippen molar-refractivity contribution in [3.63, 3.8) is 0 Å². The zero-order valence-electron chi connectivity index (χ0n) is 11.0. The Hall–Kier alpha value is -2.18. The molecular weight excluding hydrogens is 300 g/mol. The molecule has 0 heterocycles. The summed E-state index contributed by atoms with van der Waals surface area (Å²) >= 11 is 5.94. The number of benzene rings is 2. The van der Waals surface area contributed by atoms with Gasteiger partial charge in [0.25, 0.3) is 5.91 Å². The van der Waals surface area contributed by atoms with Crippen molar-refractivity contribution < 1.29 is 13.6 Å². The minimum Gasteiger partial charge on any atom is -0.322 e. The van der Waals surface area contributed by atoms with Crippen molar-refractivity contribution in [2.45, 2.75) is 6.92 Å². The Morgan fingerprint density at radius 2 is 1.81 bits per heavy atom. The summed E-state index contributed by atoms with van der Waals surface area (Å²) in [5.41, 5.74) is 2.51. The van der Waals surface area contributed by atoms with Crippen LogP contribution in [0.1, 0.15) is 15.9 Å². The number of aryl methyl sites for hydroxylation is 1. The number of nitrogen functional groups attached to an aromatic ring is 1. The second-order valence-corrected chi connectivity index (χ2v) is 4.78. The highest BCUT2D eigenvalue weighted by Gasteiger charge is 2.15. The lowest BCUT2D eigenvalue weighted by Crippen LogP contribution is -2.15. The van der Waals surface area contributed by atoms with Gasteiger partial charge in [-0.2, -0.15) is 0 Å². The lowest BCUT2D eigenvalue weighted by molar-refractivity contribution is 0.102. The third kappa shape index (κ3) is 3.29. The van der Waals surface area contributed by atoms with E-state index in [2.05, 4.69) is 5.32 Å². The molecule has 0 bridgehead atoms. The van der Waals surface area contributed by atoms with Crippen molar-refractivity contribution in [1.82, 2.24) is 0 Å². The molecule has 4 nitrogen and oxygen atoms in total. The summed E-state index contributed by atoms with van der Waals surface area (Å²) in [4.78, 5) is 12.0. The van der Waals surface area contributed by atoms with E-state index >= 15 is 0 Å². The first kappa shape index (κ1) is 15.2. The quantitative estimate of drug-likeness (QED) is 0.600. The summed E-state index contributed by atoms with van der Waals surface area (Å²) in [6, 6.07) is 6.70. The van der Waals surface area contributed by atoms with Gasteiger partial charge in [-0.1, -0.05) is 17.7 Å². The van der Waals surface area contributed by atoms with Crippen LogP contribution in [0.25, 0.3) is 0 Å². The summed E-state index contributed by atoms with van der Waals surface area (Å²) in [6.07, 6.45) is 0. The number of hydrogen-bond acceptors (Lipinski definition) is 3. The highest BCUT2D eigenvalue weighted by Crippen LogP contribution is 2.22. The van der Waals surface area contributed by atoms with E-state index < -0.39 is 23.2 Å². The maximum atomic E-state index is 13.5. The van der Waals surface area contributed by atoms with Gasteiger partial charge >= 0.3 is 0 Å². The van der Waals surface area contributed by atoms with E-state index in [0.717, 1.165) is 17.7 Å². The van der Waals surface area contributed by atoms with Crippen molar-refractivity contribution >= 4 is 28.9 Å². The molecule has 0 unspecified atom stereocenters. The molecule has 0 saturated heterocycles. The average Bonchev–Trinajstić information content (AvgIpc) is 2.42. The van der Waals surface area contributed by atoms with Gasteiger partial charge in [0.05, 0.1) is 0 Å². The molecule has 4 N–H and O–H groups in total. The zero-order chi connectivity index (χ0) is 15.6. The Labute approximate surface area is 124 Å². The fraction of sp³-hybridized carbons (Fsp3) is 0.0714. The minimum atomic E-state index is -0.954. The van der Waals surface area contributed by atoms with Gasteiger partial charge < -0.3 is 10.7 Å². The van der Waals surface area contributed by atoms with Crippen LogP contribution in [-0.4, -0.2) is 5.91 Å². The number of nitrogens with one attached hydrogen (secondary N) is 2. The number of nitrogens with two attached hydrogens (primary N) is 1. The summed E-state index contributed by atoms with van der Waals surface area (Å²) in [7, 11) is 0. The van der Waals surface area contributed by atoms with E-state index in [-0.39, 0.29) is 5.56 Å². The van der Waals surface area contributed by atoms with E-state index in [1.165, 1.54) is 0 Å². The van der Waals surface area contributed by atoms with Gasteiger partial charge in [-0.05, 0) is 36.8 Å². The van der Waals surface area contributed by atoms with Gasteiger partial charge in [0, 0.05) is 16.3 Å². The van der Waals surface area contributed by atoms with Gasteiger partial charge in [0.1, 0.15) is 5.69 Å². The van der Waals surface area contributed by atoms with Gasteiger partial charge in [0.15, 0.2) is 11.6 Å². The van der Waals surface area contributed by atoms with Crippen molar-refractivity contribution in [2.75, 3.05) is 10.7 Å². The summed E-state index contributed by atoms with van der Waals surface area (Å²) in [5.74, 6) is 2.42. The molecule has 0 atom stereocenters. The van der Waals surface area contributed by atoms with Crippen LogP contribution in [-0.2, 0) is 0 Å². The first-order valence-electron chi connectivity index (χ1n) is 5.95. The minimum absolute atomic E-state index is 0.166. The smallest absolute Gasteiger partial charge is 0.255 e. The maximum absolute atomic E-state index is 13.5. The Morgan fingerprint density at radius 1 is 1.19 bits per heavy atom. The maximum Gasteiger partial charge on any atom is 0.255 e. The summed E-state index contributed by atoms with van der Waals surface area (Å²) in [5, 5.41) is 2.99. The van der Waals surface area contributed by atoms with Crippen LogP contribution in [0, 0.1) is 18.6 Å². The lowest BCUT2D eigenvalue weighted by Gasteiger charge is -2.09. The Morgan fingerprint density at radius 3 is 2.33 bits per heavy atom. The SMILES string of the molecule is Cc1ccc(NC(=O)c2cc(F)c(NN)c(F)c2)cc1Cl. The first-order valence-corrected chi connectivity index (χ1v) is 6.33. The Kier molecular flexibility index (Phi) is 4.40. The number of hydrazine groups is 1. The van der Waals surface area contributed by atoms with Crippen LogP contribution in [0.5, 0.6) is 0 Å². The van der Waals surface area contributed by atoms with Crippen LogP contribution >= 0.6 is 11.6 Å². The highest BCUT2D eigenvalue weighted by molar-refractivity contribution is 6.31. The summed E-state index contributed by atoms with van der Waals surface area (Å²) in [6.45, 7) is 1.82. The van der Waals surface area contributed by atoms with Crippen LogP contribution in [0.3, 0.4) is 0 Å². The molecule has 0 aliphatic rings. The number of halogens is 3. The Bertz CT molecular complexity index is 684. The fourth-order valence-corrected chi connectivity index (χ4v) is 1.90. The largest absolute Gasteiger partial charge is 0.322 e. The van der Waals surface area contributed by atoms with Crippen LogP contribution in [0.4, 0.5) is 20.2 Å². The number of carbonyl (C=O) groups excluding carboxylic acids is 1. The Balaban J connectivity index is 2.26. The fourth-order valence-electron chi connectivity index (χ4n) is 1.72.